The van der Waals surface area contributed by atoms with Gasteiger partial charge in [0.05, 0.1) is 0 Å². The van der Waals surface area contributed by atoms with E-state index in [-0.39, 0.29) is 17.9 Å². The standard InChI is InChI=1S/C25H30N2O3/c28-23(12-6-13-24(29)30)26-18-22-11-5-4-10-21(22)16-25(19-26)14-7-15-27(25)17-20-8-2-1-3-9-20/h1-5,8-11H,6-7,12-19H2,(H,29,30). The first kappa shape index (κ1) is 20.6. The predicted molar refractivity (Wildman–Crippen MR) is 116 cm³/mol. The van der Waals surface area contributed by atoms with Gasteiger partial charge in [-0.25, -0.2) is 0 Å². The molecule has 0 aliphatic carbocycles. The molecular formula is C25H30N2O3. The van der Waals surface area contributed by atoms with Crippen LogP contribution in [0.3, 0.4) is 0 Å². The summed E-state index contributed by atoms with van der Waals surface area (Å²) >= 11 is 0. The first-order valence-corrected chi connectivity index (χ1v) is 10.9. The molecule has 2 aliphatic rings. The fourth-order valence-corrected chi connectivity index (χ4v) is 5.06. The lowest BCUT2D eigenvalue weighted by molar-refractivity contribution is -0.137. The molecule has 2 aliphatic heterocycles. The molecule has 30 heavy (non-hydrogen) atoms. The van der Waals surface area contributed by atoms with Crippen molar-refractivity contribution >= 4 is 11.9 Å². The second-order valence-corrected chi connectivity index (χ2v) is 8.68. The molecule has 0 radical (unpaired) electrons. The van der Waals surface area contributed by atoms with E-state index < -0.39 is 5.97 Å². The number of carbonyl (C=O) groups is 2. The summed E-state index contributed by atoms with van der Waals surface area (Å²) in [5.74, 6) is -0.774. The third-order valence-corrected chi connectivity index (χ3v) is 6.58. The Morgan fingerprint density at radius 3 is 2.47 bits per heavy atom. The van der Waals surface area contributed by atoms with E-state index in [4.69, 9.17) is 5.11 Å². The third-order valence-electron chi connectivity index (χ3n) is 6.58. The predicted octanol–water partition coefficient (Wildman–Crippen LogP) is 3.86. The van der Waals surface area contributed by atoms with Crippen LogP contribution in [0.15, 0.2) is 54.6 Å². The SMILES string of the molecule is O=C(O)CCCC(=O)N1Cc2ccccc2CC2(CCCN2Cc2ccccc2)C1. The zero-order valence-electron chi connectivity index (χ0n) is 17.4. The maximum Gasteiger partial charge on any atom is 0.303 e. The number of benzene rings is 2. The fraction of sp³-hybridized carbons (Fsp3) is 0.440. The summed E-state index contributed by atoms with van der Waals surface area (Å²) in [4.78, 5) is 28.5. The molecule has 1 saturated heterocycles. The quantitative estimate of drug-likeness (QED) is 0.791. The van der Waals surface area contributed by atoms with Gasteiger partial charge >= 0.3 is 5.97 Å². The average molecular weight is 407 g/mol. The Bertz CT molecular complexity index is 898. The van der Waals surface area contributed by atoms with Crippen LogP contribution in [-0.4, -0.2) is 45.4 Å². The molecule has 2 aromatic carbocycles. The van der Waals surface area contributed by atoms with Crippen molar-refractivity contribution in [3.05, 3.63) is 71.3 Å². The topological polar surface area (TPSA) is 60.9 Å². The maximum absolute atomic E-state index is 13.1. The Labute approximate surface area is 178 Å². The molecule has 1 spiro atoms. The lowest BCUT2D eigenvalue weighted by Gasteiger charge is -2.41. The number of likely N-dealkylation sites (tertiary alicyclic amines) is 1. The van der Waals surface area contributed by atoms with E-state index in [1.165, 1.54) is 16.7 Å². The molecule has 1 amide bonds. The van der Waals surface area contributed by atoms with Crippen LogP contribution in [0.4, 0.5) is 0 Å². The van der Waals surface area contributed by atoms with E-state index in [0.717, 1.165) is 32.4 Å². The molecule has 2 aromatic rings. The number of carboxylic acids is 1. The molecule has 5 heteroatoms. The van der Waals surface area contributed by atoms with E-state index in [9.17, 15) is 9.59 Å². The van der Waals surface area contributed by atoms with Crippen molar-refractivity contribution in [3.63, 3.8) is 0 Å². The third kappa shape index (κ3) is 4.57. The molecule has 1 fully saturated rings. The zero-order chi connectivity index (χ0) is 21.0. The van der Waals surface area contributed by atoms with E-state index >= 15 is 0 Å². The van der Waals surface area contributed by atoms with Gasteiger partial charge in [0.15, 0.2) is 0 Å². The fourth-order valence-electron chi connectivity index (χ4n) is 5.06. The first-order valence-electron chi connectivity index (χ1n) is 10.9. The normalized spacial score (nSPS) is 21.4. The average Bonchev–Trinajstić information content (AvgIpc) is 3.01. The highest BCUT2D eigenvalue weighted by Gasteiger charge is 2.44. The summed E-state index contributed by atoms with van der Waals surface area (Å²) in [5, 5.41) is 8.92. The Kier molecular flexibility index (Phi) is 6.18. The number of carboxylic acid groups (broad SMARTS) is 1. The van der Waals surface area contributed by atoms with Crippen molar-refractivity contribution < 1.29 is 14.7 Å². The number of aliphatic carboxylic acids is 1. The number of fused-ring (bicyclic) bond motifs is 1. The lowest BCUT2D eigenvalue weighted by atomic mass is 9.87. The number of rotatable bonds is 6. The van der Waals surface area contributed by atoms with Crippen LogP contribution >= 0.6 is 0 Å². The van der Waals surface area contributed by atoms with Crippen LogP contribution in [0, 0.1) is 0 Å². The van der Waals surface area contributed by atoms with E-state index in [2.05, 4.69) is 47.4 Å². The second-order valence-electron chi connectivity index (χ2n) is 8.68. The largest absolute Gasteiger partial charge is 0.481 e. The first-order chi connectivity index (χ1) is 14.6. The number of hydrogen-bond donors (Lipinski definition) is 1. The molecule has 5 nitrogen and oxygen atoms in total. The molecule has 4 rings (SSSR count). The van der Waals surface area contributed by atoms with Crippen molar-refractivity contribution in [1.82, 2.24) is 9.80 Å². The van der Waals surface area contributed by atoms with Crippen molar-refractivity contribution in [2.75, 3.05) is 13.1 Å². The van der Waals surface area contributed by atoms with Gasteiger partial charge in [-0.3, -0.25) is 14.5 Å². The van der Waals surface area contributed by atoms with Gasteiger partial charge in [0.2, 0.25) is 5.91 Å². The Morgan fingerprint density at radius 2 is 1.70 bits per heavy atom. The minimum absolute atomic E-state index is 0.0431. The minimum atomic E-state index is -0.842. The molecule has 0 saturated carbocycles. The van der Waals surface area contributed by atoms with Crippen molar-refractivity contribution in [1.29, 1.82) is 0 Å². The van der Waals surface area contributed by atoms with Crippen LogP contribution in [0.2, 0.25) is 0 Å². The molecule has 1 unspecified atom stereocenters. The molecule has 0 bridgehead atoms. The van der Waals surface area contributed by atoms with Crippen LogP contribution in [0.5, 0.6) is 0 Å². The number of amides is 1. The van der Waals surface area contributed by atoms with Crippen LogP contribution in [0.25, 0.3) is 0 Å². The highest BCUT2D eigenvalue weighted by atomic mass is 16.4. The van der Waals surface area contributed by atoms with Gasteiger partial charge in [0, 0.05) is 38.0 Å². The second kappa shape index (κ2) is 9.00. The van der Waals surface area contributed by atoms with Crippen LogP contribution in [0.1, 0.15) is 48.8 Å². The summed E-state index contributed by atoms with van der Waals surface area (Å²) in [6.45, 7) is 3.26. The number of carbonyl (C=O) groups excluding carboxylic acids is 1. The molecule has 0 aromatic heterocycles. The van der Waals surface area contributed by atoms with Gasteiger partial charge in [0.25, 0.3) is 0 Å². The lowest BCUT2D eigenvalue weighted by Crippen LogP contribution is -2.53. The molecule has 2 heterocycles. The van der Waals surface area contributed by atoms with Gasteiger partial charge < -0.3 is 10.0 Å². The van der Waals surface area contributed by atoms with Crippen molar-refractivity contribution in [2.24, 2.45) is 0 Å². The number of hydrogen-bond acceptors (Lipinski definition) is 3. The molecular weight excluding hydrogens is 376 g/mol. The Balaban J connectivity index is 1.59. The smallest absolute Gasteiger partial charge is 0.303 e. The highest BCUT2D eigenvalue weighted by Crippen LogP contribution is 2.38. The molecule has 1 N–H and O–H groups in total. The minimum Gasteiger partial charge on any atom is -0.481 e. The molecule has 158 valence electrons. The van der Waals surface area contributed by atoms with Crippen molar-refractivity contribution in [3.8, 4) is 0 Å². The summed E-state index contributed by atoms with van der Waals surface area (Å²) in [6.07, 6.45) is 3.90. The van der Waals surface area contributed by atoms with Gasteiger partial charge in [-0.05, 0) is 48.9 Å². The van der Waals surface area contributed by atoms with Gasteiger partial charge in [-0.2, -0.15) is 0 Å². The summed E-state index contributed by atoms with van der Waals surface area (Å²) in [7, 11) is 0. The van der Waals surface area contributed by atoms with Crippen LogP contribution in [-0.2, 0) is 29.1 Å². The van der Waals surface area contributed by atoms with Gasteiger partial charge in [-0.1, -0.05) is 54.6 Å². The van der Waals surface area contributed by atoms with E-state index in [1.54, 1.807) is 0 Å². The molecule has 1 atom stereocenters. The summed E-state index contributed by atoms with van der Waals surface area (Å²) in [5.41, 5.74) is 3.78. The Morgan fingerprint density at radius 1 is 0.967 bits per heavy atom. The summed E-state index contributed by atoms with van der Waals surface area (Å²) < 4.78 is 0. The van der Waals surface area contributed by atoms with E-state index in [1.807, 2.05) is 17.0 Å². The summed E-state index contributed by atoms with van der Waals surface area (Å²) in [6, 6.07) is 19.0. The zero-order valence-corrected chi connectivity index (χ0v) is 17.4. The maximum atomic E-state index is 13.1. The monoisotopic (exact) mass is 406 g/mol. The van der Waals surface area contributed by atoms with E-state index in [0.29, 0.717) is 25.9 Å². The van der Waals surface area contributed by atoms with Gasteiger partial charge in [-0.15, -0.1) is 0 Å². The van der Waals surface area contributed by atoms with Crippen molar-refractivity contribution in [2.45, 2.75) is 57.2 Å². The highest BCUT2D eigenvalue weighted by molar-refractivity contribution is 5.77. The van der Waals surface area contributed by atoms with Crippen LogP contribution < -0.4 is 0 Å². The number of nitrogens with zero attached hydrogens (tertiary/aromatic N) is 2. The van der Waals surface area contributed by atoms with Gasteiger partial charge in [0.1, 0.15) is 0 Å². The Hall–Kier alpha value is -2.66.